The molecule has 0 N–H and O–H groups in total. The third-order valence-electron chi connectivity index (χ3n) is 5.10. The van der Waals surface area contributed by atoms with E-state index in [1.165, 1.54) is 6.07 Å². The number of amides is 1. The van der Waals surface area contributed by atoms with E-state index in [2.05, 4.69) is 0 Å². The van der Waals surface area contributed by atoms with Crippen LogP contribution in [0.3, 0.4) is 0 Å². The third kappa shape index (κ3) is 4.10. The SMILES string of the molecule is CC(c1cc(F)ccc1F)N(C)Cc1ccc(C(=O)N2CCCC2)cc1. The summed E-state index contributed by atoms with van der Waals surface area (Å²) in [5, 5.41) is 0. The Balaban J connectivity index is 1.66. The average molecular weight is 358 g/mol. The van der Waals surface area contributed by atoms with Gasteiger partial charge in [-0.1, -0.05) is 12.1 Å². The van der Waals surface area contributed by atoms with Crippen molar-refractivity contribution in [2.45, 2.75) is 32.4 Å². The molecule has 1 atom stereocenters. The minimum absolute atomic E-state index is 0.0811. The van der Waals surface area contributed by atoms with Gasteiger partial charge in [0.15, 0.2) is 0 Å². The van der Waals surface area contributed by atoms with Gasteiger partial charge in [0.2, 0.25) is 0 Å². The topological polar surface area (TPSA) is 23.6 Å². The Hall–Kier alpha value is -2.27. The van der Waals surface area contributed by atoms with Crippen molar-refractivity contribution >= 4 is 5.91 Å². The Morgan fingerprint density at radius 1 is 1.12 bits per heavy atom. The van der Waals surface area contributed by atoms with Gasteiger partial charge < -0.3 is 4.90 Å². The van der Waals surface area contributed by atoms with Crippen LogP contribution in [-0.4, -0.2) is 35.8 Å². The number of carbonyl (C=O) groups is 1. The van der Waals surface area contributed by atoms with Crippen molar-refractivity contribution in [1.29, 1.82) is 0 Å². The highest BCUT2D eigenvalue weighted by Crippen LogP contribution is 2.24. The number of halogens is 2. The van der Waals surface area contributed by atoms with Crippen LogP contribution in [0.1, 0.15) is 47.3 Å². The minimum atomic E-state index is -0.438. The van der Waals surface area contributed by atoms with Gasteiger partial charge in [0.1, 0.15) is 11.6 Å². The third-order valence-corrected chi connectivity index (χ3v) is 5.10. The maximum absolute atomic E-state index is 14.0. The molecule has 1 unspecified atom stereocenters. The fourth-order valence-corrected chi connectivity index (χ4v) is 3.35. The van der Waals surface area contributed by atoms with Crippen molar-refractivity contribution in [2.24, 2.45) is 0 Å². The Labute approximate surface area is 153 Å². The molecule has 2 aromatic rings. The van der Waals surface area contributed by atoms with Crippen LogP contribution in [0, 0.1) is 11.6 Å². The van der Waals surface area contributed by atoms with E-state index in [0.29, 0.717) is 17.7 Å². The van der Waals surface area contributed by atoms with Gasteiger partial charge in [-0.05, 0) is 62.7 Å². The van der Waals surface area contributed by atoms with Gasteiger partial charge in [-0.2, -0.15) is 0 Å². The van der Waals surface area contributed by atoms with E-state index in [1.807, 2.05) is 48.0 Å². The number of hydrogen-bond donors (Lipinski definition) is 0. The van der Waals surface area contributed by atoms with Crippen molar-refractivity contribution in [3.05, 3.63) is 70.8 Å². The Morgan fingerprint density at radius 2 is 1.77 bits per heavy atom. The van der Waals surface area contributed by atoms with Crippen LogP contribution in [0.25, 0.3) is 0 Å². The van der Waals surface area contributed by atoms with E-state index in [9.17, 15) is 13.6 Å². The van der Waals surface area contributed by atoms with Crippen molar-refractivity contribution in [3.63, 3.8) is 0 Å². The lowest BCUT2D eigenvalue weighted by atomic mass is 10.0. The fraction of sp³-hybridized carbons (Fsp3) is 0.381. The highest BCUT2D eigenvalue weighted by atomic mass is 19.1. The highest BCUT2D eigenvalue weighted by molar-refractivity contribution is 5.94. The molecule has 138 valence electrons. The predicted molar refractivity (Wildman–Crippen MR) is 97.8 cm³/mol. The van der Waals surface area contributed by atoms with Gasteiger partial charge in [0.25, 0.3) is 5.91 Å². The summed E-state index contributed by atoms with van der Waals surface area (Å²) in [6, 6.07) is 10.8. The Bertz CT molecular complexity index is 770. The van der Waals surface area contributed by atoms with Gasteiger partial charge in [-0.15, -0.1) is 0 Å². The smallest absolute Gasteiger partial charge is 0.253 e. The van der Waals surface area contributed by atoms with E-state index in [-0.39, 0.29) is 11.9 Å². The van der Waals surface area contributed by atoms with E-state index < -0.39 is 11.6 Å². The van der Waals surface area contributed by atoms with E-state index in [4.69, 9.17) is 0 Å². The first-order chi connectivity index (χ1) is 12.5. The molecule has 1 aliphatic heterocycles. The number of hydrogen-bond acceptors (Lipinski definition) is 2. The van der Waals surface area contributed by atoms with Gasteiger partial charge in [-0.25, -0.2) is 8.78 Å². The van der Waals surface area contributed by atoms with Gasteiger partial charge in [-0.3, -0.25) is 9.69 Å². The van der Waals surface area contributed by atoms with E-state index in [0.717, 1.165) is 43.6 Å². The van der Waals surface area contributed by atoms with E-state index >= 15 is 0 Å². The maximum Gasteiger partial charge on any atom is 0.253 e. The van der Waals surface area contributed by atoms with Crippen LogP contribution in [-0.2, 0) is 6.54 Å². The molecule has 1 aliphatic rings. The molecule has 0 radical (unpaired) electrons. The molecule has 2 aromatic carbocycles. The van der Waals surface area contributed by atoms with Crippen molar-refractivity contribution in [2.75, 3.05) is 20.1 Å². The summed E-state index contributed by atoms with van der Waals surface area (Å²) in [6.45, 7) is 4.10. The van der Waals surface area contributed by atoms with Crippen molar-refractivity contribution in [1.82, 2.24) is 9.80 Å². The summed E-state index contributed by atoms with van der Waals surface area (Å²) in [7, 11) is 1.87. The van der Waals surface area contributed by atoms with Gasteiger partial charge in [0, 0.05) is 36.8 Å². The van der Waals surface area contributed by atoms with Crippen molar-refractivity contribution in [3.8, 4) is 0 Å². The van der Waals surface area contributed by atoms with Crippen LogP contribution >= 0.6 is 0 Å². The second-order valence-corrected chi connectivity index (χ2v) is 6.95. The monoisotopic (exact) mass is 358 g/mol. The molecule has 1 fully saturated rings. The standard InChI is InChI=1S/C21H24F2N2O/c1-15(19-13-18(22)9-10-20(19)23)24(2)14-16-5-7-17(8-6-16)21(26)25-11-3-4-12-25/h5-10,13,15H,3-4,11-12,14H2,1-2H3. The number of carbonyl (C=O) groups excluding carboxylic acids is 1. The summed E-state index contributed by atoms with van der Waals surface area (Å²) in [4.78, 5) is 16.2. The van der Waals surface area contributed by atoms with Crippen molar-refractivity contribution < 1.29 is 13.6 Å². The van der Waals surface area contributed by atoms with Crippen LogP contribution in [0.5, 0.6) is 0 Å². The molecule has 26 heavy (non-hydrogen) atoms. The molecular weight excluding hydrogens is 334 g/mol. The molecule has 3 nitrogen and oxygen atoms in total. The predicted octanol–water partition coefficient (Wildman–Crippen LogP) is 4.39. The summed E-state index contributed by atoms with van der Waals surface area (Å²) in [5.41, 5.74) is 2.06. The van der Waals surface area contributed by atoms with Gasteiger partial charge in [0.05, 0.1) is 0 Å². The van der Waals surface area contributed by atoms with E-state index in [1.54, 1.807) is 0 Å². The summed E-state index contributed by atoms with van der Waals surface area (Å²) in [6.07, 6.45) is 2.15. The molecule has 3 rings (SSSR count). The number of nitrogens with zero attached hydrogens (tertiary/aromatic N) is 2. The quantitative estimate of drug-likeness (QED) is 0.791. The number of rotatable bonds is 5. The summed E-state index contributed by atoms with van der Waals surface area (Å²) in [5.74, 6) is -0.763. The molecule has 1 amide bonds. The second-order valence-electron chi connectivity index (χ2n) is 6.95. The molecule has 0 spiro atoms. The molecule has 0 aromatic heterocycles. The zero-order chi connectivity index (χ0) is 18.7. The fourth-order valence-electron chi connectivity index (χ4n) is 3.35. The van der Waals surface area contributed by atoms with Crippen LogP contribution in [0.15, 0.2) is 42.5 Å². The first-order valence-electron chi connectivity index (χ1n) is 8.99. The summed E-state index contributed by atoms with van der Waals surface area (Å²) >= 11 is 0. The molecule has 0 saturated carbocycles. The zero-order valence-electron chi connectivity index (χ0n) is 15.2. The lowest BCUT2D eigenvalue weighted by Crippen LogP contribution is -2.27. The molecule has 0 aliphatic carbocycles. The molecular formula is C21H24F2N2O. The lowest BCUT2D eigenvalue weighted by Gasteiger charge is -2.25. The second kappa shape index (κ2) is 7.96. The molecule has 5 heteroatoms. The van der Waals surface area contributed by atoms with Crippen LogP contribution < -0.4 is 0 Å². The summed E-state index contributed by atoms with van der Waals surface area (Å²) < 4.78 is 27.4. The first kappa shape index (κ1) is 18.5. The number of benzene rings is 2. The largest absolute Gasteiger partial charge is 0.339 e. The first-order valence-corrected chi connectivity index (χ1v) is 8.99. The number of likely N-dealkylation sites (tertiary alicyclic amines) is 1. The Kier molecular flexibility index (Phi) is 5.67. The van der Waals surface area contributed by atoms with Gasteiger partial charge >= 0.3 is 0 Å². The van der Waals surface area contributed by atoms with Crippen LogP contribution in [0.2, 0.25) is 0 Å². The highest BCUT2D eigenvalue weighted by Gasteiger charge is 2.20. The minimum Gasteiger partial charge on any atom is -0.339 e. The lowest BCUT2D eigenvalue weighted by molar-refractivity contribution is 0.0793. The van der Waals surface area contributed by atoms with Crippen LogP contribution in [0.4, 0.5) is 8.78 Å². The normalized spacial score (nSPS) is 15.5. The molecule has 1 saturated heterocycles. The maximum atomic E-state index is 14.0. The molecule has 0 bridgehead atoms. The zero-order valence-corrected chi connectivity index (χ0v) is 15.2. The average Bonchev–Trinajstić information content (AvgIpc) is 3.18. The Morgan fingerprint density at radius 3 is 2.42 bits per heavy atom. The molecule has 1 heterocycles.